The van der Waals surface area contributed by atoms with Crippen molar-refractivity contribution in [3.8, 4) is 0 Å². The second-order valence-corrected chi connectivity index (χ2v) is 4.78. The van der Waals surface area contributed by atoms with Crippen LogP contribution in [0.2, 0.25) is 0 Å². The van der Waals surface area contributed by atoms with Gasteiger partial charge in [0.25, 0.3) is 0 Å². The number of unbranched alkanes of at least 4 members (excludes halogenated alkanes) is 2. The molecule has 0 aliphatic heterocycles. The lowest BCUT2D eigenvalue weighted by atomic mass is 10.1. The third kappa shape index (κ3) is 22.6. The van der Waals surface area contributed by atoms with Gasteiger partial charge >= 0.3 is 11.9 Å². The third-order valence-corrected chi connectivity index (χ3v) is 2.29. The molecule has 0 radical (unpaired) electrons. The largest absolute Gasteiger partial charge is 0.466 e. The van der Waals surface area contributed by atoms with E-state index in [0.29, 0.717) is 25.6 Å². The summed E-state index contributed by atoms with van der Waals surface area (Å²) >= 11 is 0. The number of carbonyl (C=O) groups excluding carboxylic acids is 2. The smallest absolute Gasteiger partial charge is 0.305 e. The normalized spacial score (nSPS) is 9.58. The van der Waals surface area contributed by atoms with Crippen LogP contribution in [-0.4, -0.2) is 25.2 Å². The average molecular weight is 274 g/mol. The molecular weight excluding hydrogens is 244 g/mol. The van der Waals surface area contributed by atoms with Crippen LogP contribution in [0.5, 0.6) is 0 Å². The maximum absolute atomic E-state index is 10.7. The van der Waals surface area contributed by atoms with Gasteiger partial charge in [0.15, 0.2) is 0 Å². The molecule has 0 atom stereocenters. The Morgan fingerprint density at radius 3 is 2.11 bits per heavy atom. The first kappa shape index (κ1) is 20.3. The lowest BCUT2D eigenvalue weighted by molar-refractivity contribution is -0.143. The number of hydrogen-bond donors (Lipinski definition) is 0. The van der Waals surface area contributed by atoms with Crippen LogP contribution in [-0.2, 0) is 19.1 Å². The van der Waals surface area contributed by atoms with Crippen LogP contribution in [0, 0.1) is 5.92 Å². The Labute approximate surface area is 117 Å². The minimum absolute atomic E-state index is 0.0593. The minimum Gasteiger partial charge on any atom is -0.466 e. The van der Waals surface area contributed by atoms with Crippen LogP contribution in [0.4, 0.5) is 0 Å². The van der Waals surface area contributed by atoms with Gasteiger partial charge in [-0.15, -0.1) is 0 Å². The zero-order chi connectivity index (χ0) is 15.1. The molecule has 4 nitrogen and oxygen atoms in total. The second-order valence-electron chi connectivity index (χ2n) is 4.78. The van der Waals surface area contributed by atoms with Gasteiger partial charge in [-0.25, -0.2) is 0 Å². The van der Waals surface area contributed by atoms with Gasteiger partial charge in [-0.2, -0.15) is 0 Å². The van der Waals surface area contributed by atoms with Crippen molar-refractivity contribution in [3.63, 3.8) is 0 Å². The van der Waals surface area contributed by atoms with E-state index < -0.39 is 0 Å². The molecule has 0 heterocycles. The van der Waals surface area contributed by atoms with E-state index in [1.165, 1.54) is 6.92 Å². The van der Waals surface area contributed by atoms with E-state index in [1.54, 1.807) is 0 Å². The number of esters is 2. The van der Waals surface area contributed by atoms with Gasteiger partial charge in [0.2, 0.25) is 0 Å². The molecule has 4 heteroatoms. The molecule has 0 saturated heterocycles. The lowest BCUT2D eigenvalue weighted by Gasteiger charge is -2.02. The Bertz CT molecular complexity index is 224. The summed E-state index contributed by atoms with van der Waals surface area (Å²) in [5.74, 6) is 0.371. The molecule has 0 amide bonds. The van der Waals surface area contributed by atoms with Gasteiger partial charge in [-0.3, -0.25) is 9.59 Å². The monoisotopic (exact) mass is 274 g/mol. The molecule has 0 aromatic rings. The number of ether oxygens (including phenoxy) is 2. The maximum Gasteiger partial charge on any atom is 0.305 e. The molecule has 0 fully saturated rings. The Morgan fingerprint density at radius 1 is 1.05 bits per heavy atom. The molecular formula is C15H30O4. The quantitative estimate of drug-likeness (QED) is 0.500. The van der Waals surface area contributed by atoms with Crippen molar-refractivity contribution in [1.29, 1.82) is 0 Å². The van der Waals surface area contributed by atoms with E-state index in [0.717, 1.165) is 25.7 Å². The van der Waals surface area contributed by atoms with E-state index in [1.807, 2.05) is 6.92 Å². The SMILES string of the molecule is CC(=O)OCCC(C)C.CCCCCC(=O)OCC. The molecule has 0 unspecified atom stereocenters. The highest BCUT2D eigenvalue weighted by atomic mass is 16.5. The summed E-state index contributed by atoms with van der Waals surface area (Å²) in [5, 5.41) is 0. The molecule has 0 saturated carbocycles. The predicted octanol–water partition coefficient (Wildman–Crippen LogP) is 3.73. The van der Waals surface area contributed by atoms with Gasteiger partial charge in [0.05, 0.1) is 13.2 Å². The highest BCUT2D eigenvalue weighted by molar-refractivity contribution is 5.69. The molecule has 0 rings (SSSR count). The van der Waals surface area contributed by atoms with Crippen molar-refractivity contribution < 1.29 is 19.1 Å². The number of hydrogen-bond acceptors (Lipinski definition) is 4. The van der Waals surface area contributed by atoms with Crippen LogP contribution in [0.1, 0.15) is 66.7 Å². The summed E-state index contributed by atoms with van der Waals surface area (Å²) < 4.78 is 9.46. The summed E-state index contributed by atoms with van der Waals surface area (Å²) in [6.45, 7) is 10.6. The van der Waals surface area contributed by atoms with E-state index in [-0.39, 0.29) is 11.9 Å². The summed E-state index contributed by atoms with van der Waals surface area (Å²) in [6, 6.07) is 0. The molecule has 0 spiro atoms. The summed E-state index contributed by atoms with van der Waals surface area (Å²) in [4.78, 5) is 20.9. The summed E-state index contributed by atoms with van der Waals surface area (Å²) in [5.41, 5.74) is 0. The highest BCUT2D eigenvalue weighted by Gasteiger charge is 1.98. The van der Waals surface area contributed by atoms with Crippen LogP contribution in [0.25, 0.3) is 0 Å². The fourth-order valence-electron chi connectivity index (χ4n) is 1.19. The van der Waals surface area contributed by atoms with E-state index in [9.17, 15) is 9.59 Å². The van der Waals surface area contributed by atoms with Crippen molar-refractivity contribution in [1.82, 2.24) is 0 Å². The van der Waals surface area contributed by atoms with Crippen LogP contribution >= 0.6 is 0 Å². The Balaban J connectivity index is 0. The Kier molecular flexibility index (Phi) is 16.0. The lowest BCUT2D eigenvalue weighted by Crippen LogP contribution is -2.02. The molecule has 0 aliphatic carbocycles. The molecule has 0 N–H and O–H groups in total. The van der Waals surface area contributed by atoms with Crippen molar-refractivity contribution in [2.45, 2.75) is 66.7 Å². The van der Waals surface area contributed by atoms with Gasteiger partial charge < -0.3 is 9.47 Å². The molecule has 114 valence electrons. The third-order valence-electron chi connectivity index (χ3n) is 2.29. The first-order valence-corrected chi connectivity index (χ1v) is 7.22. The van der Waals surface area contributed by atoms with Gasteiger partial charge in [0, 0.05) is 13.3 Å². The van der Waals surface area contributed by atoms with Crippen LogP contribution < -0.4 is 0 Å². The standard InChI is InChI=1S/C8H16O2.C7H14O2/c1-3-5-6-7-8(9)10-4-2;1-6(2)4-5-9-7(3)8/h3-7H2,1-2H3;6H,4-5H2,1-3H3. The van der Waals surface area contributed by atoms with E-state index >= 15 is 0 Å². The zero-order valence-electron chi connectivity index (χ0n) is 13.2. The molecule has 0 aromatic carbocycles. The summed E-state index contributed by atoms with van der Waals surface area (Å²) in [7, 11) is 0. The van der Waals surface area contributed by atoms with Gasteiger partial charge in [-0.1, -0.05) is 33.6 Å². The van der Waals surface area contributed by atoms with E-state index in [2.05, 4.69) is 20.8 Å². The van der Waals surface area contributed by atoms with Gasteiger partial charge in [0.1, 0.15) is 0 Å². The molecule has 0 aliphatic rings. The highest BCUT2D eigenvalue weighted by Crippen LogP contribution is 2.00. The topological polar surface area (TPSA) is 52.6 Å². The number of carbonyl (C=O) groups is 2. The minimum atomic E-state index is -0.185. The fourth-order valence-corrected chi connectivity index (χ4v) is 1.19. The van der Waals surface area contributed by atoms with Crippen molar-refractivity contribution in [2.75, 3.05) is 13.2 Å². The average Bonchev–Trinajstić information content (AvgIpc) is 2.29. The van der Waals surface area contributed by atoms with Gasteiger partial charge in [-0.05, 0) is 25.7 Å². The van der Waals surface area contributed by atoms with Crippen molar-refractivity contribution >= 4 is 11.9 Å². The Hall–Kier alpha value is -1.06. The number of rotatable bonds is 8. The maximum atomic E-state index is 10.7. The molecule has 19 heavy (non-hydrogen) atoms. The first-order valence-electron chi connectivity index (χ1n) is 7.22. The second kappa shape index (κ2) is 15.0. The first-order chi connectivity index (χ1) is 8.93. The molecule has 0 bridgehead atoms. The fraction of sp³-hybridized carbons (Fsp3) is 0.867. The van der Waals surface area contributed by atoms with Crippen LogP contribution in [0.3, 0.4) is 0 Å². The predicted molar refractivity (Wildman–Crippen MR) is 76.9 cm³/mol. The molecule has 0 aromatic heterocycles. The zero-order valence-corrected chi connectivity index (χ0v) is 13.2. The summed E-state index contributed by atoms with van der Waals surface area (Å²) in [6.07, 6.45) is 4.79. The van der Waals surface area contributed by atoms with E-state index in [4.69, 9.17) is 9.47 Å². The van der Waals surface area contributed by atoms with Crippen LogP contribution in [0.15, 0.2) is 0 Å². The van der Waals surface area contributed by atoms with Crippen molar-refractivity contribution in [2.24, 2.45) is 5.92 Å². The van der Waals surface area contributed by atoms with Crippen molar-refractivity contribution in [3.05, 3.63) is 0 Å². The Morgan fingerprint density at radius 2 is 1.68 bits per heavy atom.